The van der Waals surface area contributed by atoms with Gasteiger partial charge in [0.25, 0.3) is 0 Å². The fourth-order valence-electron chi connectivity index (χ4n) is 1.87. The van der Waals surface area contributed by atoms with E-state index in [9.17, 15) is 5.11 Å². The van der Waals surface area contributed by atoms with E-state index in [-0.39, 0.29) is 11.5 Å². The second kappa shape index (κ2) is 5.62. The first-order valence-electron chi connectivity index (χ1n) is 6.55. The SMILES string of the molecule is CC(C)n1ncc(Cl)c1C(O)CC(C)C(C)(C)C. The summed E-state index contributed by atoms with van der Waals surface area (Å²) in [5, 5.41) is 15.2. The van der Waals surface area contributed by atoms with Crippen molar-refractivity contribution >= 4 is 11.6 Å². The molecule has 0 aromatic carbocycles. The predicted molar refractivity (Wildman–Crippen MR) is 75.8 cm³/mol. The Balaban J connectivity index is 2.91. The van der Waals surface area contributed by atoms with E-state index in [0.717, 1.165) is 5.69 Å². The molecule has 0 fully saturated rings. The fraction of sp³-hybridized carbons (Fsp3) is 0.786. The van der Waals surface area contributed by atoms with E-state index in [4.69, 9.17) is 11.6 Å². The van der Waals surface area contributed by atoms with E-state index in [1.54, 1.807) is 6.20 Å². The van der Waals surface area contributed by atoms with Gasteiger partial charge in [0, 0.05) is 6.04 Å². The van der Waals surface area contributed by atoms with Crippen molar-refractivity contribution in [2.45, 2.75) is 60.1 Å². The maximum atomic E-state index is 10.4. The molecule has 0 spiro atoms. The van der Waals surface area contributed by atoms with Crippen LogP contribution in [-0.2, 0) is 0 Å². The number of aliphatic hydroxyl groups excluding tert-OH is 1. The number of aromatic nitrogens is 2. The molecule has 0 aliphatic carbocycles. The summed E-state index contributed by atoms with van der Waals surface area (Å²) < 4.78 is 1.81. The van der Waals surface area contributed by atoms with Crippen LogP contribution in [-0.4, -0.2) is 14.9 Å². The Bertz CT molecular complexity index is 393. The van der Waals surface area contributed by atoms with Gasteiger partial charge >= 0.3 is 0 Å². The number of nitrogens with zero attached hydrogens (tertiary/aromatic N) is 2. The average molecular weight is 273 g/mol. The minimum atomic E-state index is -0.559. The quantitative estimate of drug-likeness (QED) is 0.891. The third-order valence-electron chi connectivity index (χ3n) is 3.65. The smallest absolute Gasteiger partial charge is 0.0974 e. The number of halogens is 1. The molecule has 4 heteroatoms. The highest BCUT2D eigenvalue weighted by atomic mass is 35.5. The molecule has 0 aliphatic heterocycles. The number of hydrogen-bond acceptors (Lipinski definition) is 2. The van der Waals surface area contributed by atoms with Crippen LogP contribution in [0.4, 0.5) is 0 Å². The standard InChI is InChI=1S/C14H25ClN2O/c1-9(2)17-13(11(15)8-16-17)12(18)7-10(3)14(4,5)6/h8-10,12,18H,7H2,1-6H3. The largest absolute Gasteiger partial charge is 0.387 e. The highest BCUT2D eigenvalue weighted by molar-refractivity contribution is 6.31. The lowest BCUT2D eigenvalue weighted by molar-refractivity contribution is 0.102. The van der Waals surface area contributed by atoms with Crippen LogP contribution in [0.3, 0.4) is 0 Å². The van der Waals surface area contributed by atoms with E-state index in [1.165, 1.54) is 0 Å². The van der Waals surface area contributed by atoms with Gasteiger partial charge in [-0.1, -0.05) is 39.3 Å². The Morgan fingerprint density at radius 3 is 2.33 bits per heavy atom. The zero-order valence-electron chi connectivity index (χ0n) is 12.2. The van der Waals surface area contributed by atoms with Crippen molar-refractivity contribution in [1.82, 2.24) is 9.78 Å². The van der Waals surface area contributed by atoms with Gasteiger partial charge in [-0.25, -0.2) is 0 Å². The van der Waals surface area contributed by atoms with Gasteiger partial charge < -0.3 is 5.11 Å². The summed E-state index contributed by atoms with van der Waals surface area (Å²) in [4.78, 5) is 0. The Morgan fingerprint density at radius 2 is 1.89 bits per heavy atom. The van der Waals surface area contributed by atoms with Crippen molar-refractivity contribution in [3.8, 4) is 0 Å². The molecule has 1 aromatic rings. The lowest BCUT2D eigenvalue weighted by Gasteiger charge is -2.29. The van der Waals surface area contributed by atoms with Crippen molar-refractivity contribution in [3.05, 3.63) is 16.9 Å². The number of rotatable bonds is 4. The second-order valence-electron chi connectivity index (χ2n) is 6.43. The minimum Gasteiger partial charge on any atom is -0.387 e. The van der Waals surface area contributed by atoms with Crippen molar-refractivity contribution in [2.24, 2.45) is 11.3 Å². The first kappa shape index (κ1) is 15.5. The Labute approximate surface area is 115 Å². The first-order valence-corrected chi connectivity index (χ1v) is 6.93. The molecule has 1 rings (SSSR count). The Morgan fingerprint density at radius 1 is 1.33 bits per heavy atom. The van der Waals surface area contributed by atoms with E-state index in [2.05, 4.69) is 32.8 Å². The molecule has 0 amide bonds. The highest BCUT2D eigenvalue weighted by Gasteiger charge is 2.27. The molecular weight excluding hydrogens is 248 g/mol. The summed E-state index contributed by atoms with van der Waals surface area (Å²) in [6.45, 7) is 12.8. The summed E-state index contributed by atoms with van der Waals surface area (Å²) in [5.74, 6) is 0.402. The third-order valence-corrected chi connectivity index (χ3v) is 3.94. The highest BCUT2D eigenvalue weighted by Crippen LogP contribution is 2.35. The molecule has 1 heterocycles. The van der Waals surface area contributed by atoms with Gasteiger partial charge in [-0.15, -0.1) is 0 Å². The normalized spacial score (nSPS) is 16.1. The lowest BCUT2D eigenvalue weighted by Crippen LogP contribution is -2.21. The van der Waals surface area contributed by atoms with Gasteiger partial charge in [0.1, 0.15) is 0 Å². The zero-order chi connectivity index (χ0) is 14.1. The molecule has 0 saturated heterocycles. The van der Waals surface area contributed by atoms with Crippen LogP contribution in [0.5, 0.6) is 0 Å². The van der Waals surface area contributed by atoms with E-state index in [0.29, 0.717) is 17.4 Å². The summed E-state index contributed by atoms with van der Waals surface area (Å²) in [7, 11) is 0. The molecule has 2 unspecified atom stereocenters. The Kier molecular flexibility index (Phi) is 4.84. The van der Waals surface area contributed by atoms with Crippen molar-refractivity contribution in [2.75, 3.05) is 0 Å². The van der Waals surface area contributed by atoms with Crippen molar-refractivity contribution in [3.63, 3.8) is 0 Å². The van der Waals surface area contributed by atoms with E-state index < -0.39 is 6.10 Å². The molecule has 0 bridgehead atoms. The third kappa shape index (κ3) is 3.48. The molecule has 18 heavy (non-hydrogen) atoms. The van der Waals surface area contributed by atoms with Gasteiger partial charge in [0.2, 0.25) is 0 Å². The van der Waals surface area contributed by atoms with Crippen LogP contribution < -0.4 is 0 Å². The topological polar surface area (TPSA) is 38.0 Å². The van der Waals surface area contributed by atoms with Gasteiger partial charge in [-0.05, 0) is 31.6 Å². The molecule has 0 radical (unpaired) electrons. The van der Waals surface area contributed by atoms with Crippen LogP contribution in [0.15, 0.2) is 6.20 Å². The monoisotopic (exact) mass is 272 g/mol. The summed E-state index contributed by atoms with van der Waals surface area (Å²) in [6, 6.07) is 0.201. The van der Waals surface area contributed by atoms with Crippen LogP contribution in [0.1, 0.15) is 65.8 Å². The number of aliphatic hydroxyl groups is 1. The Hall–Kier alpha value is -0.540. The zero-order valence-corrected chi connectivity index (χ0v) is 13.0. The molecule has 0 saturated carbocycles. The molecule has 1 aromatic heterocycles. The molecule has 3 nitrogen and oxygen atoms in total. The molecule has 104 valence electrons. The van der Waals surface area contributed by atoms with Crippen LogP contribution >= 0.6 is 11.6 Å². The van der Waals surface area contributed by atoms with Gasteiger partial charge in [-0.3, -0.25) is 4.68 Å². The average Bonchev–Trinajstić information content (AvgIpc) is 2.58. The van der Waals surface area contributed by atoms with Gasteiger partial charge in [-0.2, -0.15) is 5.10 Å². The summed E-state index contributed by atoms with van der Waals surface area (Å²) in [6.07, 6.45) is 1.75. The molecular formula is C14H25ClN2O. The van der Waals surface area contributed by atoms with E-state index >= 15 is 0 Å². The molecule has 0 aliphatic rings. The first-order chi connectivity index (χ1) is 8.14. The van der Waals surface area contributed by atoms with Crippen molar-refractivity contribution in [1.29, 1.82) is 0 Å². The predicted octanol–water partition coefficient (Wildman–Crippen LogP) is 4.22. The maximum Gasteiger partial charge on any atom is 0.0974 e. The van der Waals surface area contributed by atoms with Crippen LogP contribution in [0.2, 0.25) is 5.02 Å². The van der Waals surface area contributed by atoms with Gasteiger partial charge in [0.15, 0.2) is 0 Å². The van der Waals surface area contributed by atoms with E-state index in [1.807, 2.05) is 18.5 Å². The van der Waals surface area contributed by atoms with Crippen LogP contribution in [0.25, 0.3) is 0 Å². The molecule has 2 atom stereocenters. The molecule has 1 N–H and O–H groups in total. The summed E-state index contributed by atoms with van der Waals surface area (Å²) in [5.41, 5.74) is 0.915. The fourth-order valence-corrected chi connectivity index (χ4v) is 2.13. The van der Waals surface area contributed by atoms with Crippen LogP contribution in [0, 0.1) is 11.3 Å². The number of hydrogen-bond donors (Lipinski definition) is 1. The second-order valence-corrected chi connectivity index (χ2v) is 6.84. The minimum absolute atomic E-state index is 0.177. The lowest BCUT2D eigenvalue weighted by atomic mass is 9.78. The van der Waals surface area contributed by atoms with Crippen molar-refractivity contribution < 1.29 is 5.11 Å². The van der Waals surface area contributed by atoms with Gasteiger partial charge in [0.05, 0.1) is 23.0 Å². The maximum absolute atomic E-state index is 10.4. The summed E-state index contributed by atoms with van der Waals surface area (Å²) >= 11 is 6.14.